The van der Waals surface area contributed by atoms with Crippen LogP contribution in [0.25, 0.3) is 0 Å². The second-order valence-electron chi connectivity index (χ2n) is 4.43. The van der Waals surface area contributed by atoms with Crippen molar-refractivity contribution < 1.29 is 17.6 Å². The van der Waals surface area contributed by atoms with Gasteiger partial charge < -0.3 is 10.6 Å². The maximum atomic E-state index is 13.8. The van der Waals surface area contributed by atoms with Crippen LogP contribution in [0.1, 0.15) is 18.4 Å². The smallest absolute Gasteiger partial charge is 0.357 e. The van der Waals surface area contributed by atoms with Crippen molar-refractivity contribution in [3.63, 3.8) is 0 Å². The molecule has 1 fully saturated rings. The Bertz CT molecular complexity index is 427. The summed E-state index contributed by atoms with van der Waals surface area (Å²) in [7, 11) is 0. The predicted molar refractivity (Wildman–Crippen MR) is 60.7 cm³/mol. The van der Waals surface area contributed by atoms with E-state index in [-0.39, 0.29) is 18.3 Å². The molecule has 2 N–H and O–H groups in total. The average molecular weight is 262 g/mol. The maximum absolute atomic E-state index is 13.8. The maximum Gasteiger partial charge on any atom is 0.405 e. The highest BCUT2D eigenvalue weighted by molar-refractivity contribution is 5.56. The van der Waals surface area contributed by atoms with E-state index in [1.165, 1.54) is 12.1 Å². The summed E-state index contributed by atoms with van der Waals surface area (Å²) in [5.74, 6) is -0.644. The van der Waals surface area contributed by atoms with Crippen LogP contribution in [0.4, 0.5) is 23.2 Å². The fourth-order valence-corrected chi connectivity index (χ4v) is 2.02. The Morgan fingerprint density at radius 3 is 2.44 bits per heavy atom. The van der Waals surface area contributed by atoms with Gasteiger partial charge in [-0.05, 0) is 24.5 Å². The molecule has 1 aliphatic rings. The van der Waals surface area contributed by atoms with E-state index in [0.29, 0.717) is 18.4 Å². The Kier molecular flexibility index (Phi) is 3.47. The molecule has 0 aliphatic heterocycles. The van der Waals surface area contributed by atoms with Crippen LogP contribution in [-0.2, 0) is 6.54 Å². The minimum absolute atomic E-state index is 0.000162. The average Bonchev–Trinajstić information content (AvgIpc) is 3.08. The Balaban J connectivity index is 2.36. The third-order valence-electron chi connectivity index (χ3n) is 2.91. The van der Waals surface area contributed by atoms with Gasteiger partial charge >= 0.3 is 6.18 Å². The zero-order valence-electron chi connectivity index (χ0n) is 9.67. The van der Waals surface area contributed by atoms with E-state index >= 15 is 0 Å². The molecule has 0 unspecified atom stereocenters. The summed E-state index contributed by atoms with van der Waals surface area (Å²) >= 11 is 0. The van der Waals surface area contributed by atoms with E-state index in [9.17, 15) is 17.6 Å². The Hall–Kier alpha value is -1.30. The first-order valence-electron chi connectivity index (χ1n) is 5.73. The molecule has 1 aliphatic carbocycles. The van der Waals surface area contributed by atoms with Gasteiger partial charge in [-0.25, -0.2) is 4.39 Å². The normalized spacial score (nSPS) is 15.8. The van der Waals surface area contributed by atoms with Gasteiger partial charge in [0.15, 0.2) is 0 Å². The summed E-state index contributed by atoms with van der Waals surface area (Å²) in [6, 6.07) is 3.96. The molecule has 100 valence electrons. The molecule has 0 aromatic heterocycles. The first-order valence-corrected chi connectivity index (χ1v) is 5.73. The number of alkyl halides is 3. The number of hydrogen-bond donors (Lipinski definition) is 1. The highest BCUT2D eigenvalue weighted by atomic mass is 19.4. The van der Waals surface area contributed by atoms with Gasteiger partial charge in [-0.3, -0.25) is 0 Å². The first-order chi connectivity index (χ1) is 8.42. The quantitative estimate of drug-likeness (QED) is 0.845. The summed E-state index contributed by atoms with van der Waals surface area (Å²) < 4.78 is 51.4. The van der Waals surface area contributed by atoms with E-state index in [1.807, 2.05) is 0 Å². The van der Waals surface area contributed by atoms with Crippen molar-refractivity contribution in [1.29, 1.82) is 0 Å². The molecule has 0 spiro atoms. The van der Waals surface area contributed by atoms with Crippen molar-refractivity contribution in [3.8, 4) is 0 Å². The lowest BCUT2D eigenvalue weighted by molar-refractivity contribution is -0.120. The van der Waals surface area contributed by atoms with Crippen molar-refractivity contribution in [2.45, 2.75) is 31.6 Å². The fraction of sp³-hybridized carbons (Fsp3) is 0.500. The Labute approximate surface area is 102 Å². The highest BCUT2D eigenvalue weighted by Crippen LogP contribution is 2.37. The van der Waals surface area contributed by atoms with Gasteiger partial charge in [0.1, 0.15) is 12.4 Å². The molecule has 1 aromatic carbocycles. The van der Waals surface area contributed by atoms with Gasteiger partial charge in [-0.2, -0.15) is 13.2 Å². The summed E-state index contributed by atoms with van der Waals surface area (Å²) in [5.41, 5.74) is 5.88. The Morgan fingerprint density at radius 1 is 1.28 bits per heavy atom. The fourth-order valence-electron chi connectivity index (χ4n) is 2.02. The van der Waals surface area contributed by atoms with Crippen LogP contribution < -0.4 is 10.6 Å². The van der Waals surface area contributed by atoms with Crippen LogP contribution in [0.15, 0.2) is 18.2 Å². The minimum atomic E-state index is -4.35. The number of nitrogens with zero attached hydrogens (tertiary/aromatic N) is 1. The van der Waals surface area contributed by atoms with Crippen molar-refractivity contribution >= 4 is 5.69 Å². The number of anilines is 1. The molecule has 0 amide bonds. The summed E-state index contributed by atoms with van der Waals surface area (Å²) in [5, 5.41) is 0. The zero-order chi connectivity index (χ0) is 13.3. The highest BCUT2D eigenvalue weighted by Gasteiger charge is 2.39. The van der Waals surface area contributed by atoms with Crippen LogP contribution in [0.2, 0.25) is 0 Å². The van der Waals surface area contributed by atoms with Crippen LogP contribution in [0, 0.1) is 5.82 Å². The first kappa shape index (κ1) is 13.1. The van der Waals surface area contributed by atoms with E-state index in [1.54, 1.807) is 6.07 Å². The molecule has 0 heterocycles. The molecule has 1 saturated carbocycles. The second kappa shape index (κ2) is 4.76. The number of halogens is 4. The molecule has 0 radical (unpaired) electrons. The molecule has 2 rings (SSSR count). The van der Waals surface area contributed by atoms with Crippen molar-refractivity contribution in [2.24, 2.45) is 5.73 Å². The number of nitrogens with two attached hydrogens (primary N) is 1. The molecule has 2 nitrogen and oxygen atoms in total. The minimum Gasteiger partial charge on any atom is -0.357 e. The van der Waals surface area contributed by atoms with Gasteiger partial charge in [-0.15, -0.1) is 0 Å². The van der Waals surface area contributed by atoms with Crippen molar-refractivity contribution in [1.82, 2.24) is 0 Å². The molecule has 0 atom stereocenters. The number of benzene rings is 1. The molecule has 18 heavy (non-hydrogen) atoms. The molecular formula is C12H14F4N2. The summed E-state index contributed by atoms with van der Waals surface area (Å²) in [6.07, 6.45) is -3.03. The van der Waals surface area contributed by atoms with Gasteiger partial charge in [0.25, 0.3) is 0 Å². The standard InChI is InChI=1S/C12H14F4N2/c13-10-3-1-2-8(6-17)11(10)18(9-4-5-9)7-12(14,15)16/h1-3,9H,4-7,17H2. The molecule has 0 saturated heterocycles. The number of hydrogen-bond acceptors (Lipinski definition) is 2. The molecule has 1 aromatic rings. The lowest BCUT2D eigenvalue weighted by atomic mass is 10.1. The van der Waals surface area contributed by atoms with Crippen LogP contribution in [0.3, 0.4) is 0 Å². The summed E-state index contributed by atoms with van der Waals surface area (Å²) in [6.45, 7) is -1.11. The summed E-state index contributed by atoms with van der Waals surface area (Å²) in [4.78, 5) is 1.09. The van der Waals surface area contributed by atoms with E-state index in [2.05, 4.69) is 0 Å². The topological polar surface area (TPSA) is 29.3 Å². The molecular weight excluding hydrogens is 248 g/mol. The van der Waals surface area contributed by atoms with E-state index in [0.717, 1.165) is 4.90 Å². The number of para-hydroxylation sites is 1. The third-order valence-corrected chi connectivity index (χ3v) is 2.91. The largest absolute Gasteiger partial charge is 0.405 e. The lowest BCUT2D eigenvalue weighted by Gasteiger charge is -2.28. The predicted octanol–water partition coefficient (Wildman–Crippen LogP) is 2.82. The monoisotopic (exact) mass is 262 g/mol. The van der Waals surface area contributed by atoms with E-state index < -0.39 is 18.5 Å². The van der Waals surface area contributed by atoms with Gasteiger partial charge in [0, 0.05) is 12.6 Å². The van der Waals surface area contributed by atoms with Gasteiger partial charge in [-0.1, -0.05) is 12.1 Å². The van der Waals surface area contributed by atoms with E-state index in [4.69, 9.17) is 5.73 Å². The lowest BCUT2D eigenvalue weighted by Crippen LogP contribution is -2.37. The van der Waals surface area contributed by atoms with Gasteiger partial charge in [0.2, 0.25) is 0 Å². The van der Waals surface area contributed by atoms with Gasteiger partial charge in [0.05, 0.1) is 5.69 Å². The third kappa shape index (κ3) is 2.93. The Morgan fingerprint density at radius 2 is 1.94 bits per heavy atom. The molecule has 0 bridgehead atoms. The van der Waals surface area contributed by atoms with Crippen molar-refractivity contribution in [2.75, 3.05) is 11.4 Å². The van der Waals surface area contributed by atoms with Crippen LogP contribution in [-0.4, -0.2) is 18.8 Å². The molecule has 6 heteroatoms. The SMILES string of the molecule is NCc1cccc(F)c1N(CC(F)(F)F)C1CC1. The number of rotatable bonds is 4. The van der Waals surface area contributed by atoms with Crippen molar-refractivity contribution in [3.05, 3.63) is 29.6 Å². The van der Waals surface area contributed by atoms with Crippen LogP contribution in [0.5, 0.6) is 0 Å². The van der Waals surface area contributed by atoms with Crippen LogP contribution >= 0.6 is 0 Å². The zero-order valence-corrected chi connectivity index (χ0v) is 9.67. The second-order valence-corrected chi connectivity index (χ2v) is 4.43.